The van der Waals surface area contributed by atoms with Crippen LogP contribution in [0.25, 0.3) is 0 Å². The van der Waals surface area contributed by atoms with E-state index in [4.69, 9.17) is 5.73 Å². The average Bonchev–Trinajstić information content (AvgIpc) is 3.26. The largest absolute Gasteiger partial charge is 0.399 e. The maximum Gasteiger partial charge on any atom is 0.255 e. The fourth-order valence-electron chi connectivity index (χ4n) is 6.46. The van der Waals surface area contributed by atoms with E-state index < -0.39 is 6.04 Å². The molecule has 0 aliphatic carbocycles. The Morgan fingerprint density at radius 1 is 0.842 bits per heavy atom. The third kappa shape index (κ3) is 4.82. The van der Waals surface area contributed by atoms with Crippen LogP contribution >= 0.6 is 0 Å². The van der Waals surface area contributed by atoms with E-state index in [1.165, 1.54) is 5.69 Å². The van der Waals surface area contributed by atoms with Crippen molar-refractivity contribution in [2.75, 3.05) is 61.3 Å². The van der Waals surface area contributed by atoms with Gasteiger partial charge in [-0.15, -0.1) is 0 Å². The monoisotopic (exact) mass is 516 g/mol. The fraction of sp³-hybridized carbons (Fsp3) is 0.483. The molecule has 3 amide bonds. The summed E-state index contributed by atoms with van der Waals surface area (Å²) in [5, 5.41) is 2.39. The molecule has 3 N–H and O–H groups in total. The van der Waals surface area contributed by atoms with Gasteiger partial charge in [0.15, 0.2) is 0 Å². The molecule has 200 valence electrons. The number of fused-ring (bicyclic) bond motifs is 1. The first kappa shape index (κ1) is 24.7. The van der Waals surface area contributed by atoms with Gasteiger partial charge in [0, 0.05) is 87.0 Å². The molecule has 1 atom stereocenters. The third-order valence-corrected chi connectivity index (χ3v) is 8.66. The normalized spacial score (nSPS) is 23.1. The number of nitrogen functional groups attached to an aromatic ring is 1. The molecule has 3 saturated heterocycles. The van der Waals surface area contributed by atoms with Crippen LogP contribution in [0.1, 0.15) is 41.6 Å². The van der Waals surface area contributed by atoms with Crippen molar-refractivity contribution in [2.24, 2.45) is 5.92 Å². The van der Waals surface area contributed by atoms with Crippen LogP contribution in [0.2, 0.25) is 0 Å². The quantitative estimate of drug-likeness (QED) is 0.463. The van der Waals surface area contributed by atoms with Crippen molar-refractivity contribution in [1.29, 1.82) is 0 Å². The summed E-state index contributed by atoms with van der Waals surface area (Å²) in [5.74, 6) is -0.0567. The number of rotatable bonds is 5. The molecule has 0 bridgehead atoms. The van der Waals surface area contributed by atoms with Crippen molar-refractivity contribution >= 4 is 34.8 Å². The van der Waals surface area contributed by atoms with Gasteiger partial charge in [0.05, 0.1) is 0 Å². The Morgan fingerprint density at radius 2 is 1.58 bits per heavy atom. The molecular weight excluding hydrogens is 480 g/mol. The molecule has 0 saturated carbocycles. The van der Waals surface area contributed by atoms with E-state index in [1.807, 2.05) is 24.3 Å². The number of piperidine rings is 2. The lowest BCUT2D eigenvalue weighted by Crippen LogP contribution is -2.52. The number of nitrogens with zero attached hydrogens (tertiary/aromatic N) is 4. The summed E-state index contributed by atoms with van der Waals surface area (Å²) in [6, 6.07) is 13.5. The Bertz CT molecular complexity index is 1220. The number of carbonyl (C=O) groups is 3. The number of nitrogens with two attached hydrogens (primary N) is 1. The van der Waals surface area contributed by atoms with Crippen molar-refractivity contribution in [3.63, 3.8) is 0 Å². The summed E-state index contributed by atoms with van der Waals surface area (Å²) in [5.41, 5.74) is 10.7. The van der Waals surface area contributed by atoms with Crippen molar-refractivity contribution in [2.45, 2.75) is 38.3 Å². The predicted molar refractivity (Wildman–Crippen MR) is 147 cm³/mol. The number of nitrogens with one attached hydrogen (secondary N) is 1. The van der Waals surface area contributed by atoms with Crippen LogP contribution in [0, 0.1) is 5.92 Å². The van der Waals surface area contributed by atoms with E-state index in [2.05, 4.69) is 38.2 Å². The van der Waals surface area contributed by atoms with Gasteiger partial charge >= 0.3 is 0 Å². The van der Waals surface area contributed by atoms with E-state index in [9.17, 15) is 14.4 Å². The minimum absolute atomic E-state index is 0.107. The summed E-state index contributed by atoms with van der Waals surface area (Å²) >= 11 is 0. The first-order valence-electron chi connectivity index (χ1n) is 13.8. The van der Waals surface area contributed by atoms with E-state index >= 15 is 0 Å². The van der Waals surface area contributed by atoms with E-state index in [0.717, 1.165) is 75.6 Å². The van der Waals surface area contributed by atoms with Gasteiger partial charge in [-0.2, -0.15) is 0 Å². The predicted octanol–water partition coefficient (Wildman–Crippen LogP) is 2.07. The number of piperazine rings is 1. The topological polar surface area (TPSA) is 102 Å². The molecule has 0 aromatic heterocycles. The van der Waals surface area contributed by atoms with Gasteiger partial charge in [-0.3, -0.25) is 24.6 Å². The van der Waals surface area contributed by atoms with Crippen LogP contribution in [-0.2, 0) is 16.1 Å². The number of benzene rings is 2. The summed E-state index contributed by atoms with van der Waals surface area (Å²) in [4.78, 5) is 46.3. The van der Waals surface area contributed by atoms with Crippen molar-refractivity contribution < 1.29 is 14.4 Å². The highest BCUT2D eigenvalue weighted by atomic mass is 16.2. The van der Waals surface area contributed by atoms with Crippen molar-refractivity contribution in [3.05, 3.63) is 53.6 Å². The van der Waals surface area contributed by atoms with Gasteiger partial charge in [0.2, 0.25) is 11.8 Å². The van der Waals surface area contributed by atoms with Crippen LogP contribution in [0.5, 0.6) is 0 Å². The van der Waals surface area contributed by atoms with E-state index in [1.54, 1.807) is 4.90 Å². The second-order valence-electron chi connectivity index (χ2n) is 11.0. The second kappa shape index (κ2) is 10.3. The van der Waals surface area contributed by atoms with Crippen LogP contribution < -0.4 is 20.9 Å². The molecule has 4 aliphatic heterocycles. The smallest absolute Gasteiger partial charge is 0.255 e. The number of hydrogen-bond acceptors (Lipinski definition) is 7. The van der Waals surface area contributed by atoms with Gasteiger partial charge in [0.25, 0.3) is 5.91 Å². The van der Waals surface area contributed by atoms with Gasteiger partial charge in [-0.05, 0) is 61.6 Å². The summed E-state index contributed by atoms with van der Waals surface area (Å²) in [6.45, 7) is 7.74. The first-order chi connectivity index (χ1) is 18.5. The van der Waals surface area contributed by atoms with Gasteiger partial charge < -0.3 is 20.4 Å². The Hall–Kier alpha value is -3.59. The molecule has 2 aromatic rings. The number of anilines is 3. The first-order valence-corrected chi connectivity index (χ1v) is 13.8. The van der Waals surface area contributed by atoms with Crippen LogP contribution in [0.3, 0.4) is 0 Å². The molecule has 1 unspecified atom stereocenters. The maximum absolute atomic E-state index is 13.2. The molecule has 0 radical (unpaired) electrons. The van der Waals surface area contributed by atoms with Crippen LogP contribution in [0.15, 0.2) is 42.5 Å². The average molecular weight is 517 g/mol. The maximum atomic E-state index is 13.2. The number of imide groups is 1. The lowest BCUT2D eigenvalue weighted by Gasteiger charge is -2.40. The zero-order valence-electron chi connectivity index (χ0n) is 21.8. The van der Waals surface area contributed by atoms with Crippen LogP contribution in [0.4, 0.5) is 17.1 Å². The second-order valence-corrected chi connectivity index (χ2v) is 11.0. The fourth-order valence-corrected chi connectivity index (χ4v) is 6.46. The zero-order valence-corrected chi connectivity index (χ0v) is 21.8. The Kier molecular flexibility index (Phi) is 6.69. The minimum Gasteiger partial charge on any atom is -0.399 e. The molecule has 4 aliphatic rings. The van der Waals surface area contributed by atoms with Gasteiger partial charge in [0.1, 0.15) is 6.04 Å². The Labute approximate surface area is 223 Å². The summed E-state index contributed by atoms with van der Waals surface area (Å²) in [6.07, 6.45) is 2.92. The number of amides is 3. The highest BCUT2D eigenvalue weighted by Gasteiger charge is 2.40. The van der Waals surface area contributed by atoms with E-state index in [0.29, 0.717) is 24.4 Å². The zero-order chi connectivity index (χ0) is 26.2. The Balaban J connectivity index is 1.03. The number of carbonyl (C=O) groups excluding carboxylic acids is 3. The van der Waals surface area contributed by atoms with Crippen molar-refractivity contribution in [1.82, 2.24) is 15.1 Å². The molecule has 38 heavy (non-hydrogen) atoms. The molecule has 2 aromatic carbocycles. The highest BCUT2D eigenvalue weighted by molar-refractivity contribution is 6.06. The van der Waals surface area contributed by atoms with Crippen LogP contribution in [-0.4, -0.2) is 79.4 Å². The SMILES string of the molecule is Nc1ccc(N2CCN(CC3CCN(c4cccc5c4CN(C4CCC(=O)NC4=O)C5=O)CC3)CC2)cc1. The summed E-state index contributed by atoms with van der Waals surface area (Å²) < 4.78 is 0. The summed E-state index contributed by atoms with van der Waals surface area (Å²) in [7, 11) is 0. The van der Waals surface area contributed by atoms with Crippen molar-refractivity contribution in [3.8, 4) is 0 Å². The van der Waals surface area contributed by atoms with Gasteiger partial charge in [-0.25, -0.2) is 0 Å². The highest BCUT2D eigenvalue weighted by Crippen LogP contribution is 2.36. The molecule has 6 rings (SSSR count). The molecular formula is C29H36N6O3. The molecule has 3 fully saturated rings. The lowest BCUT2D eigenvalue weighted by molar-refractivity contribution is -0.136. The molecule has 9 heteroatoms. The minimum atomic E-state index is -0.577. The van der Waals surface area contributed by atoms with E-state index in [-0.39, 0.29) is 24.1 Å². The Morgan fingerprint density at radius 3 is 2.29 bits per heavy atom. The standard InChI is InChI=1S/C29H36N6O3/c30-21-4-6-22(7-5-21)33-16-14-32(15-17-33)18-20-10-12-34(13-11-20)25-3-1-2-23-24(25)19-35(29(23)38)26-8-9-27(36)31-28(26)37/h1-7,20,26H,8-19,30H2,(H,31,36,37). The lowest BCUT2D eigenvalue weighted by atomic mass is 9.94. The molecule has 9 nitrogen and oxygen atoms in total. The number of hydrogen-bond donors (Lipinski definition) is 2. The third-order valence-electron chi connectivity index (χ3n) is 8.66. The molecule has 4 heterocycles. The molecule has 0 spiro atoms. The van der Waals surface area contributed by atoms with Gasteiger partial charge in [-0.1, -0.05) is 6.07 Å².